The Morgan fingerprint density at radius 3 is 1.45 bits per heavy atom. The molecule has 9 N–H and O–H groups in total. The maximum Gasteiger partial charge on any atom is 0.303 e. The number of aliphatic hydroxyl groups is 2. The van der Waals surface area contributed by atoms with Gasteiger partial charge in [0.05, 0.1) is 51.7 Å². The van der Waals surface area contributed by atoms with Crippen LogP contribution in [0.3, 0.4) is 0 Å². The molecular formula is C54H98N6O14. The van der Waals surface area contributed by atoms with Crippen LogP contribution >= 0.6 is 0 Å². The summed E-state index contributed by atoms with van der Waals surface area (Å²) in [5.41, 5.74) is 0. The van der Waals surface area contributed by atoms with Gasteiger partial charge in [-0.25, -0.2) is 0 Å². The number of likely N-dealkylation sites (N-methyl/N-ethyl adjacent to an activating group) is 1. The second-order valence-electron chi connectivity index (χ2n) is 19.5. The van der Waals surface area contributed by atoms with Gasteiger partial charge in [0.25, 0.3) is 0 Å². The first-order valence-corrected chi connectivity index (χ1v) is 27.9. The molecule has 428 valence electrons. The molecule has 0 radical (unpaired) electrons. The highest BCUT2D eigenvalue weighted by atomic mass is 16.5. The highest BCUT2D eigenvalue weighted by Crippen LogP contribution is 2.29. The lowest BCUT2D eigenvalue weighted by Crippen LogP contribution is -2.42. The van der Waals surface area contributed by atoms with Crippen molar-refractivity contribution in [2.45, 2.75) is 185 Å². The minimum absolute atomic E-state index is 0.0657. The van der Waals surface area contributed by atoms with E-state index in [1.807, 2.05) is 0 Å². The van der Waals surface area contributed by atoms with Crippen molar-refractivity contribution in [3.05, 3.63) is 12.3 Å². The number of ether oxygens (including phenoxy) is 4. The third-order valence-electron chi connectivity index (χ3n) is 13.2. The molecular weight excluding hydrogens is 957 g/mol. The quantitative estimate of drug-likeness (QED) is 0.0283. The lowest BCUT2D eigenvalue weighted by molar-refractivity contribution is -0.137. The summed E-state index contributed by atoms with van der Waals surface area (Å²) >= 11 is 0. The van der Waals surface area contributed by atoms with E-state index in [0.717, 1.165) is 51.4 Å². The second-order valence-corrected chi connectivity index (χ2v) is 19.5. The number of Topliss-reactive ketones (excluding diaryl/α,β-unsaturated/α-hetero) is 1. The molecule has 1 fully saturated rings. The van der Waals surface area contributed by atoms with E-state index in [1.54, 1.807) is 7.05 Å². The van der Waals surface area contributed by atoms with Crippen LogP contribution in [0.5, 0.6) is 0 Å². The molecule has 1 aliphatic rings. The average Bonchev–Trinajstić information content (AvgIpc) is 3.38. The Bertz CT molecular complexity index is 1530. The molecule has 0 spiro atoms. The van der Waals surface area contributed by atoms with E-state index in [4.69, 9.17) is 29.2 Å². The van der Waals surface area contributed by atoms with Gasteiger partial charge in [-0.3, -0.25) is 33.6 Å². The average molecular weight is 1060 g/mol. The molecule has 2 atom stereocenters. The molecule has 1 aliphatic carbocycles. The zero-order chi connectivity index (χ0) is 54.3. The molecule has 0 aromatic carbocycles. The largest absolute Gasteiger partial charge is 0.511 e. The molecule has 0 aromatic rings. The number of carbonyl (C=O) groups is 7. The van der Waals surface area contributed by atoms with Crippen LogP contribution in [0.1, 0.15) is 173 Å². The first kappa shape index (κ1) is 67.8. The third kappa shape index (κ3) is 40.1. The van der Waals surface area contributed by atoms with Crippen LogP contribution in [0.15, 0.2) is 12.3 Å². The fraction of sp³-hybridized carbons (Fsp3) is 0.833. The van der Waals surface area contributed by atoms with Crippen molar-refractivity contribution in [2.24, 2.45) is 11.8 Å². The maximum atomic E-state index is 13.1. The van der Waals surface area contributed by atoms with Gasteiger partial charge in [-0.15, -0.1) is 0 Å². The van der Waals surface area contributed by atoms with E-state index in [1.165, 1.54) is 70.6 Å². The Kier molecular flexibility index (Phi) is 43.3. The number of hydrogen-bond acceptors (Lipinski definition) is 14. The molecule has 1 saturated carbocycles. The van der Waals surface area contributed by atoms with Gasteiger partial charge < -0.3 is 66.2 Å². The summed E-state index contributed by atoms with van der Waals surface area (Å²) in [5, 5.41) is 44.8. The van der Waals surface area contributed by atoms with Gasteiger partial charge >= 0.3 is 5.97 Å². The van der Waals surface area contributed by atoms with Crippen LogP contribution in [0.4, 0.5) is 0 Å². The predicted molar refractivity (Wildman–Crippen MR) is 283 cm³/mol. The number of carboxylic acid groups (broad SMARTS) is 1. The zero-order valence-corrected chi connectivity index (χ0v) is 45.1. The van der Waals surface area contributed by atoms with Crippen LogP contribution in [-0.4, -0.2) is 161 Å². The first-order valence-electron chi connectivity index (χ1n) is 27.9. The van der Waals surface area contributed by atoms with Crippen LogP contribution < -0.4 is 31.9 Å². The van der Waals surface area contributed by atoms with E-state index < -0.39 is 18.6 Å². The second kappa shape index (κ2) is 47.3. The van der Waals surface area contributed by atoms with Crippen LogP contribution in [0, 0.1) is 11.8 Å². The number of rotatable bonds is 51. The molecule has 74 heavy (non-hydrogen) atoms. The smallest absolute Gasteiger partial charge is 0.303 e. The summed E-state index contributed by atoms with van der Waals surface area (Å²) in [6.07, 6.45) is 25.0. The van der Waals surface area contributed by atoms with Gasteiger partial charge in [-0.05, 0) is 77.2 Å². The molecule has 20 nitrogen and oxygen atoms in total. The molecule has 20 heteroatoms. The number of amides is 5. The summed E-state index contributed by atoms with van der Waals surface area (Å²) in [6, 6.07) is -1.13. The molecule has 0 bridgehead atoms. The van der Waals surface area contributed by atoms with Gasteiger partial charge in [0.15, 0.2) is 5.78 Å². The molecule has 0 heterocycles. The number of unbranched alkanes of at least 4 members (excludes halogenated alkanes) is 16. The lowest BCUT2D eigenvalue weighted by atomic mass is 9.81. The summed E-state index contributed by atoms with van der Waals surface area (Å²) in [6.45, 7) is 5.79. The van der Waals surface area contributed by atoms with Gasteiger partial charge in [0.1, 0.15) is 25.6 Å². The number of aliphatic carboxylic acids is 1. The summed E-state index contributed by atoms with van der Waals surface area (Å²) < 4.78 is 21.5. The van der Waals surface area contributed by atoms with Gasteiger partial charge in [0.2, 0.25) is 29.5 Å². The molecule has 0 saturated heterocycles. The molecule has 5 amide bonds. The van der Waals surface area contributed by atoms with Crippen molar-refractivity contribution in [3.63, 3.8) is 0 Å². The highest BCUT2D eigenvalue weighted by Gasteiger charge is 2.28. The maximum absolute atomic E-state index is 13.1. The first-order chi connectivity index (χ1) is 35.9. The molecule has 1 rings (SSSR count). The van der Waals surface area contributed by atoms with Crippen molar-refractivity contribution in [1.29, 1.82) is 0 Å². The Morgan fingerprint density at radius 1 is 0.500 bits per heavy atom. The number of carbonyl (C=O) groups excluding carboxylic acids is 6. The van der Waals surface area contributed by atoms with Crippen LogP contribution in [0.2, 0.25) is 0 Å². The SMILES string of the molecule is C=C(O)[C@H](CCC(=O)NCCOCCOCC(=O)NCCOCCOCC(=O)NCCCC[C@H](NC)C(=O)CO)NC(=O)[C@H]1CC[C@H](CNC(=O)CCCCCCCCCCCCCCCCCCC(=O)O)CC1. The van der Waals surface area contributed by atoms with E-state index >= 15 is 0 Å². The highest BCUT2D eigenvalue weighted by molar-refractivity contribution is 5.85. The number of aliphatic hydroxyl groups excluding tert-OH is 2. The monoisotopic (exact) mass is 1050 g/mol. The number of nitrogens with one attached hydrogen (secondary N) is 6. The van der Waals surface area contributed by atoms with Crippen LogP contribution in [-0.2, 0) is 52.5 Å². The fourth-order valence-corrected chi connectivity index (χ4v) is 8.66. The summed E-state index contributed by atoms with van der Waals surface area (Å²) in [7, 11) is 1.67. The standard InChI is InChI=1S/C54H98N6O14/c1-43(62)46(60-54(70)45-26-24-44(25-27-45)39-59-49(64)22-17-15-13-11-9-7-5-3-4-6-8-10-12-14-16-18-23-53(68)69)28-29-50(65)57-31-33-71-35-38-74-42-52(67)58-32-34-72-36-37-73-41-51(66)56-30-20-19-21-47(55-2)48(63)40-61/h44-47,55,61-62H,1,3-42H2,2H3,(H,56,66)(H,57,65)(H,58,67)(H,59,64)(H,60,70)(H,68,69)/t44-,45-,46-,47-/m0/s1. The number of carboxylic acids is 1. The zero-order valence-electron chi connectivity index (χ0n) is 45.1. The van der Waals surface area contributed by atoms with Crippen LogP contribution in [0.25, 0.3) is 0 Å². The Labute approximate surface area is 442 Å². The molecule has 0 aromatic heterocycles. The molecule has 0 aliphatic heterocycles. The topological polar surface area (TPSA) is 289 Å². The van der Waals surface area contributed by atoms with Gasteiger partial charge in [-0.2, -0.15) is 0 Å². The fourth-order valence-electron chi connectivity index (χ4n) is 8.66. The van der Waals surface area contributed by atoms with Crippen molar-refractivity contribution in [1.82, 2.24) is 31.9 Å². The lowest BCUT2D eigenvalue weighted by Gasteiger charge is -2.29. The summed E-state index contributed by atoms with van der Waals surface area (Å²) in [4.78, 5) is 84.0. The van der Waals surface area contributed by atoms with E-state index in [2.05, 4.69) is 38.5 Å². The van der Waals surface area contributed by atoms with Crippen molar-refractivity contribution in [2.75, 3.05) is 92.7 Å². The van der Waals surface area contributed by atoms with E-state index in [-0.39, 0.29) is 132 Å². The normalized spacial score (nSPS) is 15.2. The Balaban J connectivity index is 1.97. The minimum atomic E-state index is -0.748. The molecule has 0 unspecified atom stereocenters. The van der Waals surface area contributed by atoms with Gasteiger partial charge in [0, 0.05) is 51.4 Å². The number of hydrogen-bond donors (Lipinski definition) is 9. The predicted octanol–water partition coefficient (Wildman–Crippen LogP) is 5.09. The Morgan fingerprint density at radius 2 is 0.959 bits per heavy atom. The van der Waals surface area contributed by atoms with Gasteiger partial charge in [-0.1, -0.05) is 96.5 Å². The Hall–Kier alpha value is -4.21. The summed E-state index contributed by atoms with van der Waals surface area (Å²) in [5.74, 6) is -1.93. The van der Waals surface area contributed by atoms with E-state index in [0.29, 0.717) is 57.5 Å². The van der Waals surface area contributed by atoms with E-state index in [9.17, 15) is 38.7 Å². The number of ketones is 1. The third-order valence-corrected chi connectivity index (χ3v) is 13.2. The van der Waals surface area contributed by atoms with Crippen molar-refractivity contribution < 1.29 is 67.8 Å². The van der Waals surface area contributed by atoms with Crippen molar-refractivity contribution in [3.8, 4) is 0 Å². The van der Waals surface area contributed by atoms with Crippen molar-refractivity contribution >= 4 is 41.3 Å². The minimum Gasteiger partial charge on any atom is -0.511 e.